The van der Waals surface area contributed by atoms with Gasteiger partial charge in [-0.05, 0) is 19.8 Å². The standard InChI is InChI=1S/C24H42N6O8/c1-19(31)14-26-4-2-20(3-5-26)25-21(32)15-27-6-8-28(16-22(33)34)10-12-30(18-24(37)38)13-11-29(9-7-27)17-23(35)36/h20H,2-18H2,1H3,(H,25,32)(H,33,34)(H,35,36)(H,37,38). The summed E-state index contributed by atoms with van der Waals surface area (Å²) in [6.07, 6.45) is 1.51. The average molecular weight is 543 g/mol. The van der Waals surface area contributed by atoms with E-state index in [1.54, 1.807) is 21.6 Å². The van der Waals surface area contributed by atoms with Gasteiger partial charge in [0.25, 0.3) is 0 Å². The molecule has 2 fully saturated rings. The summed E-state index contributed by atoms with van der Waals surface area (Å²) in [5, 5.41) is 31.0. The van der Waals surface area contributed by atoms with Crippen LogP contribution in [-0.2, 0) is 24.0 Å². The number of ketones is 1. The Balaban J connectivity index is 2.01. The highest BCUT2D eigenvalue weighted by molar-refractivity contribution is 5.78. The number of aliphatic carboxylic acids is 3. The van der Waals surface area contributed by atoms with Crippen molar-refractivity contribution >= 4 is 29.6 Å². The van der Waals surface area contributed by atoms with Crippen LogP contribution in [0.15, 0.2) is 0 Å². The zero-order valence-electron chi connectivity index (χ0n) is 22.2. The minimum absolute atomic E-state index is 0.0189. The fourth-order valence-electron chi connectivity index (χ4n) is 4.81. The number of carboxylic acids is 3. The summed E-state index contributed by atoms with van der Waals surface area (Å²) >= 11 is 0. The zero-order valence-corrected chi connectivity index (χ0v) is 22.2. The van der Waals surface area contributed by atoms with Crippen LogP contribution in [0.3, 0.4) is 0 Å². The van der Waals surface area contributed by atoms with Gasteiger partial charge < -0.3 is 20.6 Å². The van der Waals surface area contributed by atoms with E-state index in [0.29, 0.717) is 58.9 Å². The predicted molar refractivity (Wildman–Crippen MR) is 137 cm³/mol. The van der Waals surface area contributed by atoms with Gasteiger partial charge in [0.15, 0.2) is 0 Å². The summed E-state index contributed by atoms with van der Waals surface area (Å²) in [5.41, 5.74) is 0. The number of piperidine rings is 1. The molecule has 0 spiro atoms. The molecule has 216 valence electrons. The van der Waals surface area contributed by atoms with Crippen LogP contribution in [0, 0.1) is 0 Å². The van der Waals surface area contributed by atoms with E-state index >= 15 is 0 Å². The van der Waals surface area contributed by atoms with Crippen molar-refractivity contribution in [3.05, 3.63) is 0 Å². The first-order valence-corrected chi connectivity index (χ1v) is 13.1. The molecule has 2 aliphatic heterocycles. The normalized spacial score (nSPS) is 20.8. The van der Waals surface area contributed by atoms with Crippen LogP contribution in [-0.4, -0.2) is 174 Å². The van der Waals surface area contributed by atoms with Crippen molar-refractivity contribution in [3.63, 3.8) is 0 Å². The van der Waals surface area contributed by atoms with E-state index in [9.17, 15) is 39.3 Å². The van der Waals surface area contributed by atoms with Crippen molar-refractivity contribution in [3.8, 4) is 0 Å². The fourth-order valence-corrected chi connectivity index (χ4v) is 4.81. The number of carbonyl (C=O) groups excluding carboxylic acids is 2. The van der Waals surface area contributed by atoms with E-state index in [1.165, 1.54) is 0 Å². The van der Waals surface area contributed by atoms with Gasteiger partial charge in [-0.1, -0.05) is 0 Å². The van der Waals surface area contributed by atoms with Gasteiger partial charge in [0.1, 0.15) is 5.78 Å². The summed E-state index contributed by atoms with van der Waals surface area (Å²) in [7, 11) is 0. The summed E-state index contributed by atoms with van der Waals surface area (Å²) < 4.78 is 0. The van der Waals surface area contributed by atoms with Gasteiger partial charge >= 0.3 is 17.9 Å². The Hall–Kier alpha value is -2.65. The third-order valence-corrected chi connectivity index (χ3v) is 6.77. The van der Waals surface area contributed by atoms with Gasteiger partial charge in [0, 0.05) is 71.5 Å². The van der Waals surface area contributed by atoms with E-state index in [0.717, 1.165) is 25.9 Å². The number of hydrogen-bond donors (Lipinski definition) is 4. The molecule has 0 saturated carbocycles. The molecular formula is C24H42N6O8. The minimum atomic E-state index is -1.01. The molecule has 14 heteroatoms. The van der Waals surface area contributed by atoms with Crippen molar-refractivity contribution in [1.29, 1.82) is 0 Å². The molecule has 1 amide bonds. The van der Waals surface area contributed by atoms with Gasteiger partial charge in [-0.2, -0.15) is 0 Å². The highest BCUT2D eigenvalue weighted by Gasteiger charge is 2.24. The van der Waals surface area contributed by atoms with Gasteiger partial charge in [0.05, 0.1) is 32.7 Å². The van der Waals surface area contributed by atoms with Crippen LogP contribution in [0.1, 0.15) is 19.8 Å². The Bertz CT molecular complexity index is 788. The molecule has 2 heterocycles. The van der Waals surface area contributed by atoms with Crippen molar-refractivity contribution in [1.82, 2.24) is 29.8 Å². The lowest BCUT2D eigenvalue weighted by atomic mass is 10.0. The van der Waals surface area contributed by atoms with E-state index in [2.05, 4.69) is 10.2 Å². The second-order valence-corrected chi connectivity index (χ2v) is 10.1. The molecule has 2 saturated heterocycles. The lowest BCUT2D eigenvalue weighted by molar-refractivity contribution is -0.140. The minimum Gasteiger partial charge on any atom is -0.480 e. The molecular weight excluding hydrogens is 500 g/mol. The predicted octanol–water partition coefficient (Wildman–Crippen LogP) is -2.37. The van der Waals surface area contributed by atoms with Crippen LogP contribution in [0.4, 0.5) is 0 Å². The molecule has 2 rings (SSSR count). The molecule has 0 aromatic carbocycles. The topological polar surface area (TPSA) is 174 Å². The summed E-state index contributed by atoms with van der Waals surface area (Å²) in [5.74, 6) is -3.02. The van der Waals surface area contributed by atoms with Crippen molar-refractivity contribution in [2.24, 2.45) is 0 Å². The van der Waals surface area contributed by atoms with Gasteiger partial charge in [-0.3, -0.25) is 48.5 Å². The fraction of sp³-hybridized carbons (Fsp3) is 0.792. The maximum absolute atomic E-state index is 12.9. The first kappa shape index (κ1) is 31.6. The van der Waals surface area contributed by atoms with Crippen LogP contribution in [0.5, 0.6) is 0 Å². The smallest absolute Gasteiger partial charge is 0.317 e. The molecule has 4 N–H and O–H groups in total. The second-order valence-electron chi connectivity index (χ2n) is 10.1. The lowest BCUT2D eigenvalue weighted by Crippen LogP contribution is -2.51. The highest BCUT2D eigenvalue weighted by atomic mass is 16.4. The maximum atomic E-state index is 12.9. The van der Waals surface area contributed by atoms with Crippen molar-refractivity contribution in [2.45, 2.75) is 25.8 Å². The molecule has 0 radical (unpaired) electrons. The van der Waals surface area contributed by atoms with E-state index in [-0.39, 0.29) is 43.9 Å². The second kappa shape index (κ2) is 16.3. The molecule has 0 aromatic heterocycles. The number of hydrogen-bond acceptors (Lipinski definition) is 10. The first-order chi connectivity index (χ1) is 18.0. The van der Waals surface area contributed by atoms with Crippen LogP contribution in [0.25, 0.3) is 0 Å². The summed E-state index contributed by atoms with van der Waals surface area (Å²) in [6, 6.07) is 0.0189. The number of carbonyl (C=O) groups is 5. The van der Waals surface area contributed by atoms with Crippen molar-refractivity contribution in [2.75, 3.05) is 98.2 Å². The Kier molecular flexibility index (Phi) is 13.6. The monoisotopic (exact) mass is 542 g/mol. The summed E-state index contributed by atoms with van der Waals surface area (Å²) in [6.45, 7) is 5.76. The van der Waals surface area contributed by atoms with Crippen LogP contribution in [0.2, 0.25) is 0 Å². The van der Waals surface area contributed by atoms with Gasteiger partial charge in [0.2, 0.25) is 5.91 Å². The Morgan fingerprint density at radius 3 is 1.18 bits per heavy atom. The SMILES string of the molecule is CC(=O)CN1CCC(NC(=O)CN2CCN(CC(=O)O)CCN(CC(=O)O)CCN(CC(=O)O)CC2)CC1. The lowest BCUT2D eigenvalue weighted by Gasteiger charge is -2.34. The Morgan fingerprint density at radius 2 is 0.868 bits per heavy atom. The molecule has 0 atom stereocenters. The zero-order chi connectivity index (χ0) is 28.1. The van der Waals surface area contributed by atoms with Crippen LogP contribution < -0.4 is 5.32 Å². The number of likely N-dealkylation sites (tertiary alicyclic amines) is 1. The molecule has 2 aliphatic rings. The van der Waals surface area contributed by atoms with Crippen LogP contribution >= 0.6 is 0 Å². The molecule has 14 nitrogen and oxygen atoms in total. The van der Waals surface area contributed by atoms with E-state index < -0.39 is 17.9 Å². The number of carboxylic acid groups (broad SMARTS) is 3. The number of nitrogens with one attached hydrogen (secondary N) is 1. The summed E-state index contributed by atoms with van der Waals surface area (Å²) in [4.78, 5) is 67.4. The number of nitrogens with zero attached hydrogens (tertiary/aromatic N) is 5. The molecule has 0 unspecified atom stereocenters. The Labute approximate surface area is 223 Å². The highest BCUT2D eigenvalue weighted by Crippen LogP contribution is 2.10. The average Bonchev–Trinajstić information content (AvgIpc) is 2.80. The van der Waals surface area contributed by atoms with Crippen molar-refractivity contribution < 1.29 is 39.3 Å². The number of rotatable bonds is 11. The first-order valence-electron chi connectivity index (χ1n) is 13.1. The number of Topliss-reactive ketones (excluding diaryl/α,β-unsaturated/α-hetero) is 1. The molecule has 0 aromatic rings. The Morgan fingerprint density at radius 1 is 0.553 bits per heavy atom. The number of amides is 1. The largest absolute Gasteiger partial charge is 0.480 e. The van der Waals surface area contributed by atoms with Gasteiger partial charge in [-0.15, -0.1) is 0 Å². The molecule has 0 bridgehead atoms. The maximum Gasteiger partial charge on any atom is 0.317 e. The van der Waals surface area contributed by atoms with E-state index in [4.69, 9.17) is 0 Å². The quantitative estimate of drug-likeness (QED) is 0.218. The third-order valence-electron chi connectivity index (χ3n) is 6.77. The molecule has 0 aliphatic carbocycles. The third kappa shape index (κ3) is 13.2. The molecule has 38 heavy (non-hydrogen) atoms. The van der Waals surface area contributed by atoms with E-state index in [1.807, 2.05) is 4.90 Å². The van der Waals surface area contributed by atoms with Gasteiger partial charge in [-0.25, -0.2) is 0 Å².